The number of nitrogens with zero attached hydrogens (tertiary/aromatic N) is 1. The lowest BCUT2D eigenvalue weighted by atomic mass is 9.74. The van der Waals surface area contributed by atoms with Crippen molar-refractivity contribution >= 4 is 5.97 Å². The molecule has 0 saturated carbocycles. The summed E-state index contributed by atoms with van der Waals surface area (Å²) in [6.45, 7) is 11.5. The van der Waals surface area contributed by atoms with Gasteiger partial charge in [-0.15, -0.1) is 0 Å². The monoisotopic (exact) mass is 255 g/mol. The molecule has 1 aliphatic rings. The highest BCUT2D eigenvalue weighted by molar-refractivity contribution is 5.74. The van der Waals surface area contributed by atoms with Crippen molar-refractivity contribution < 1.29 is 9.90 Å². The van der Waals surface area contributed by atoms with E-state index in [-0.39, 0.29) is 5.92 Å². The lowest BCUT2D eigenvalue weighted by Crippen LogP contribution is -2.45. The molecule has 0 aromatic carbocycles. The van der Waals surface area contributed by atoms with Gasteiger partial charge in [0.1, 0.15) is 0 Å². The van der Waals surface area contributed by atoms with Crippen molar-refractivity contribution in [3.05, 3.63) is 0 Å². The van der Waals surface area contributed by atoms with Gasteiger partial charge in [0.15, 0.2) is 0 Å². The van der Waals surface area contributed by atoms with Crippen molar-refractivity contribution in [1.82, 2.24) is 4.90 Å². The first kappa shape index (κ1) is 15.5. The molecule has 3 heteroatoms. The quantitative estimate of drug-likeness (QED) is 0.792. The van der Waals surface area contributed by atoms with Gasteiger partial charge in [-0.2, -0.15) is 0 Å². The number of piperidine rings is 1. The minimum absolute atomic E-state index is 0.289. The van der Waals surface area contributed by atoms with Crippen molar-refractivity contribution in [2.24, 2.45) is 17.3 Å². The molecule has 1 N–H and O–H groups in total. The zero-order valence-electron chi connectivity index (χ0n) is 12.4. The molecule has 0 radical (unpaired) electrons. The van der Waals surface area contributed by atoms with Crippen molar-refractivity contribution in [3.63, 3.8) is 0 Å². The maximum atomic E-state index is 11.3. The molecule has 0 aromatic rings. The molecular formula is C15H29NO2. The van der Waals surface area contributed by atoms with Crippen LogP contribution in [0.15, 0.2) is 0 Å². The molecule has 1 fully saturated rings. The summed E-state index contributed by atoms with van der Waals surface area (Å²) in [7, 11) is 0. The van der Waals surface area contributed by atoms with Gasteiger partial charge in [0, 0.05) is 13.1 Å². The van der Waals surface area contributed by atoms with Gasteiger partial charge in [-0.1, -0.05) is 20.3 Å². The highest BCUT2D eigenvalue weighted by Gasteiger charge is 2.39. The normalized spacial score (nSPS) is 23.9. The highest BCUT2D eigenvalue weighted by atomic mass is 16.4. The summed E-state index contributed by atoms with van der Waals surface area (Å²) in [5, 5.41) is 9.33. The van der Waals surface area contributed by atoms with Gasteiger partial charge in [0.2, 0.25) is 0 Å². The van der Waals surface area contributed by atoms with Gasteiger partial charge in [0.05, 0.1) is 5.41 Å². The van der Waals surface area contributed by atoms with Crippen LogP contribution in [0.2, 0.25) is 0 Å². The number of rotatable bonds is 6. The molecule has 0 bridgehead atoms. The molecule has 1 rings (SSSR count). The smallest absolute Gasteiger partial charge is 0.309 e. The van der Waals surface area contributed by atoms with E-state index in [0.29, 0.717) is 0 Å². The van der Waals surface area contributed by atoms with Crippen LogP contribution in [-0.2, 0) is 4.79 Å². The molecule has 0 aliphatic carbocycles. The van der Waals surface area contributed by atoms with E-state index in [0.717, 1.165) is 38.4 Å². The molecular weight excluding hydrogens is 226 g/mol. The van der Waals surface area contributed by atoms with Gasteiger partial charge < -0.3 is 10.0 Å². The fraction of sp³-hybridized carbons (Fsp3) is 0.933. The van der Waals surface area contributed by atoms with E-state index in [4.69, 9.17) is 0 Å². The van der Waals surface area contributed by atoms with Crippen molar-refractivity contribution in [3.8, 4) is 0 Å². The number of carbonyl (C=O) groups is 1. The number of carboxylic acids is 1. The third-order valence-electron chi connectivity index (χ3n) is 4.43. The second kappa shape index (κ2) is 6.55. The van der Waals surface area contributed by atoms with E-state index < -0.39 is 11.4 Å². The van der Waals surface area contributed by atoms with Gasteiger partial charge in [-0.25, -0.2) is 0 Å². The summed E-state index contributed by atoms with van der Waals surface area (Å²) >= 11 is 0. The predicted octanol–water partition coefficient (Wildman–Crippen LogP) is 3.25. The third-order valence-corrected chi connectivity index (χ3v) is 4.43. The maximum Gasteiger partial charge on any atom is 0.309 e. The van der Waals surface area contributed by atoms with E-state index in [1.807, 2.05) is 13.8 Å². The summed E-state index contributed by atoms with van der Waals surface area (Å²) < 4.78 is 0. The summed E-state index contributed by atoms with van der Waals surface area (Å²) in [6.07, 6.45) is 4.70. The summed E-state index contributed by atoms with van der Waals surface area (Å²) in [5.41, 5.74) is -0.591. The van der Waals surface area contributed by atoms with Crippen LogP contribution in [-0.4, -0.2) is 35.6 Å². The minimum atomic E-state index is -0.657. The lowest BCUT2D eigenvalue weighted by molar-refractivity contribution is -0.151. The number of hydrogen-bond acceptors (Lipinski definition) is 2. The number of likely N-dealkylation sites (tertiary alicyclic amines) is 1. The van der Waals surface area contributed by atoms with Gasteiger partial charge >= 0.3 is 5.97 Å². The molecule has 106 valence electrons. The molecule has 0 aromatic heterocycles. The zero-order valence-corrected chi connectivity index (χ0v) is 12.4. The van der Waals surface area contributed by atoms with Crippen LogP contribution in [0, 0.1) is 17.3 Å². The van der Waals surface area contributed by atoms with Gasteiger partial charge in [-0.05, 0) is 51.5 Å². The first-order chi connectivity index (χ1) is 8.37. The van der Waals surface area contributed by atoms with E-state index >= 15 is 0 Å². The Morgan fingerprint density at radius 1 is 1.50 bits per heavy atom. The van der Waals surface area contributed by atoms with Crippen molar-refractivity contribution in [1.29, 1.82) is 0 Å². The molecule has 3 nitrogen and oxygen atoms in total. The van der Waals surface area contributed by atoms with E-state index in [9.17, 15) is 9.90 Å². The Bertz CT molecular complexity index is 276. The molecule has 0 spiro atoms. The van der Waals surface area contributed by atoms with Crippen LogP contribution >= 0.6 is 0 Å². The Morgan fingerprint density at radius 2 is 2.17 bits per heavy atom. The van der Waals surface area contributed by atoms with Gasteiger partial charge in [-0.3, -0.25) is 4.79 Å². The fourth-order valence-electron chi connectivity index (χ4n) is 3.01. The number of carboxylic acid groups (broad SMARTS) is 1. The van der Waals surface area contributed by atoms with Crippen LogP contribution < -0.4 is 0 Å². The van der Waals surface area contributed by atoms with Crippen LogP contribution in [0.1, 0.15) is 53.4 Å². The standard InChI is InChI=1S/C15H29NO2/c1-5-7-12(2)10-16-9-6-8-13(11-16)15(3,4)14(17)18/h12-13H,5-11H2,1-4H3,(H,17,18). The van der Waals surface area contributed by atoms with E-state index in [1.54, 1.807) is 0 Å². The maximum absolute atomic E-state index is 11.3. The Kier molecular flexibility index (Phi) is 5.64. The van der Waals surface area contributed by atoms with Gasteiger partial charge in [0.25, 0.3) is 0 Å². The largest absolute Gasteiger partial charge is 0.481 e. The number of hydrogen-bond donors (Lipinski definition) is 1. The second-order valence-electron chi connectivity index (χ2n) is 6.52. The molecule has 2 atom stereocenters. The lowest BCUT2D eigenvalue weighted by Gasteiger charge is -2.40. The van der Waals surface area contributed by atoms with E-state index in [1.165, 1.54) is 12.8 Å². The van der Waals surface area contributed by atoms with E-state index in [2.05, 4.69) is 18.7 Å². The van der Waals surface area contributed by atoms with Crippen molar-refractivity contribution in [2.75, 3.05) is 19.6 Å². The summed E-state index contributed by atoms with van der Waals surface area (Å²) in [4.78, 5) is 13.8. The van der Waals surface area contributed by atoms with Crippen LogP contribution in [0.25, 0.3) is 0 Å². The molecule has 18 heavy (non-hydrogen) atoms. The molecule has 1 heterocycles. The molecule has 2 unspecified atom stereocenters. The first-order valence-corrected chi connectivity index (χ1v) is 7.33. The molecule has 0 amide bonds. The molecule has 1 aliphatic heterocycles. The van der Waals surface area contributed by atoms with Crippen LogP contribution in [0.3, 0.4) is 0 Å². The second-order valence-corrected chi connectivity index (χ2v) is 6.52. The Morgan fingerprint density at radius 3 is 2.72 bits per heavy atom. The fourth-order valence-corrected chi connectivity index (χ4v) is 3.01. The minimum Gasteiger partial charge on any atom is -0.481 e. The van der Waals surface area contributed by atoms with Crippen molar-refractivity contribution in [2.45, 2.75) is 53.4 Å². The average molecular weight is 255 g/mol. The predicted molar refractivity (Wildman–Crippen MR) is 74.7 cm³/mol. The number of aliphatic carboxylic acids is 1. The Labute approximate surface area is 112 Å². The average Bonchev–Trinajstić information content (AvgIpc) is 2.29. The topological polar surface area (TPSA) is 40.5 Å². The summed E-state index contributed by atoms with van der Waals surface area (Å²) in [5.74, 6) is 0.357. The van der Waals surface area contributed by atoms with Crippen LogP contribution in [0.5, 0.6) is 0 Å². The third kappa shape index (κ3) is 3.98. The van der Waals surface area contributed by atoms with Crippen LogP contribution in [0.4, 0.5) is 0 Å². The zero-order chi connectivity index (χ0) is 13.8. The Hall–Kier alpha value is -0.570. The SMILES string of the molecule is CCCC(C)CN1CCCC(C(C)(C)C(=O)O)C1. The molecule has 1 saturated heterocycles. The Balaban J connectivity index is 2.53. The highest BCUT2D eigenvalue weighted by Crippen LogP contribution is 2.34. The summed E-state index contributed by atoms with van der Waals surface area (Å²) in [6, 6.07) is 0. The first-order valence-electron chi connectivity index (χ1n) is 7.33.